The maximum absolute atomic E-state index is 12.6. The quantitative estimate of drug-likeness (QED) is 0.834. The SMILES string of the molecule is CC1CCCN2C(=O)N(c3ccc(CN)cc3)C(=O)C12. The Morgan fingerprint density at radius 2 is 1.95 bits per heavy atom. The van der Waals surface area contributed by atoms with Gasteiger partial charge in [0.15, 0.2) is 0 Å². The number of nitrogens with two attached hydrogens (primary N) is 1. The van der Waals surface area contributed by atoms with Gasteiger partial charge in [0.2, 0.25) is 0 Å². The molecule has 0 aromatic heterocycles. The van der Waals surface area contributed by atoms with Crippen molar-refractivity contribution in [3.8, 4) is 0 Å². The monoisotopic (exact) mass is 273 g/mol. The van der Waals surface area contributed by atoms with Crippen LogP contribution in [0.4, 0.5) is 10.5 Å². The third kappa shape index (κ3) is 1.89. The van der Waals surface area contributed by atoms with E-state index in [-0.39, 0.29) is 23.9 Å². The predicted octanol–water partition coefficient (Wildman–Crippen LogP) is 1.71. The van der Waals surface area contributed by atoms with E-state index in [1.54, 1.807) is 17.0 Å². The van der Waals surface area contributed by atoms with Gasteiger partial charge in [-0.05, 0) is 36.5 Å². The summed E-state index contributed by atoms with van der Waals surface area (Å²) >= 11 is 0. The van der Waals surface area contributed by atoms with E-state index < -0.39 is 0 Å². The Morgan fingerprint density at radius 1 is 1.25 bits per heavy atom. The molecule has 2 aliphatic heterocycles. The Kier molecular flexibility index (Phi) is 3.22. The molecule has 0 bridgehead atoms. The van der Waals surface area contributed by atoms with Gasteiger partial charge in [0.1, 0.15) is 6.04 Å². The number of hydrogen-bond acceptors (Lipinski definition) is 3. The first-order valence-corrected chi connectivity index (χ1v) is 7.07. The van der Waals surface area contributed by atoms with E-state index in [9.17, 15) is 9.59 Å². The minimum absolute atomic E-state index is 0.0947. The summed E-state index contributed by atoms with van der Waals surface area (Å²) in [7, 11) is 0. The molecule has 5 heteroatoms. The fraction of sp³-hybridized carbons (Fsp3) is 0.467. The van der Waals surface area contributed by atoms with Crippen molar-refractivity contribution in [1.82, 2.24) is 4.90 Å². The molecule has 2 N–H and O–H groups in total. The fourth-order valence-electron chi connectivity index (χ4n) is 3.15. The topological polar surface area (TPSA) is 66.6 Å². The van der Waals surface area contributed by atoms with Crippen molar-refractivity contribution in [3.05, 3.63) is 29.8 Å². The lowest BCUT2D eigenvalue weighted by molar-refractivity contribution is -0.121. The number of benzene rings is 1. The molecule has 0 radical (unpaired) electrons. The number of rotatable bonds is 2. The van der Waals surface area contributed by atoms with Gasteiger partial charge in [-0.3, -0.25) is 4.79 Å². The molecule has 2 saturated heterocycles. The number of fused-ring (bicyclic) bond motifs is 1. The fourth-order valence-corrected chi connectivity index (χ4v) is 3.15. The van der Waals surface area contributed by atoms with Crippen LogP contribution in [0.2, 0.25) is 0 Å². The van der Waals surface area contributed by atoms with Gasteiger partial charge in [0, 0.05) is 13.1 Å². The van der Waals surface area contributed by atoms with Crippen LogP contribution in [0.5, 0.6) is 0 Å². The molecule has 5 nitrogen and oxygen atoms in total. The van der Waals surface area contributed by atoms with Crippen molar-refractivity contribution >= 4 is 17.6 Å². The molecular formula is C15H19N3O2. The molecule has 0 spiro atoms. The first-order valence-electron chi connectivity index (χ1n) is 7.07. The van der Waals surface area contributed by atoms with Gasteiger partial charge >= 0.3 is 6.03 Å². The van der Waals surface area contributed by atoms with Crippen LogP contribution in [0.25, 0.3) is 0 Å². The number of nitrogens with zero attached hydrogens (tertiary/aromatic N) is 2. The Balaban J connectivity index is 1.93. The second kappa shape index (κ2) is 4.90. The Hall–Kier alpha value is -1.88. The summed E-state index contributed by atoms with van der Waals surface area (Å²) in [5.41, 5.74) is 7.19. The van der Waals surface area contributed by atoms with Gasteiger partial charge in [-0.15, -0.1) is 0 Å². The maximum atomic E-state index is 12.6. The van der Waals surface area contributed by atoms with Gasteiger partial charge in [0.05, 0.1) is 5.69 Å². The number of piperidine rings is 1. The summed E-state index contributed by atoms with van der Waals surface area (Å²) < 4.78 is 0. The Morgan fingerprint density at radius 3 is 2.55 bits per heavy atom. The predicted molar refractivity (Wildman–Crippen MR) is 76.1 cm³/mol. The lowest BCUT2D eigenvalue weighted by atomic mass is 9.91. The van der Waals surface area contributed by atoms with Crippen molar-refractivity contribution in [2.75, 3.05) is 11.4 Å². The zero-order chi connectivity index (χ0) is 14.3. The van der Waals surface area contributed by atoms with Crippen LogP contribution in [0.3, 0.4) is 0 Å². The number of amides is 3. The highest BCUT2D eigenvalue weighted by molar-refractivity contribution is 6.21. The molecule has 2 unspecified atom stereocenters. The number of carbonyl (C=O) groups excluding carboxylic acids is 2. The Bertz CT molecular complexity index is 541. The lowest BCUT2D eigenvalue weighted by Crippen LogP contribution is -2.44. The van der Waals surface area contributed by atoms with Crippen molar-refractivity contribution < 1.29 is 9.59 Å². The normalized spacial score (nSPS) is 26.1. The number of urea groups is 1. The van der Waals surface area contributed by atoms with Crippen molar-refractivity contribution in [2.45, 2.75) is 32.4 Å². The summed E-state index contributed by atoms with van der Waals surface area (Å²) in [4.78, 5) is 28.0. The average molecular weight is 273 g/mol. The third-order valence-electron chi connectivity index (χ3n) is 4.27. The van der Waals surface area contributed by atoms with Gasteiger partial charge in [-0.2, -0.15) is 0 Å². The molecule has 2 fully saturated rings. The van der Waals surface area contributed by atoms with Crippen molar-refractivity contribution in [1.29, 1.82) is 0 Å². The molecule has 2 heterocycles. The number of imide groups is 1. The average Bonchev–Trinajstić information content (AvgIpc) is 2.72. The maximum Gasteiger partial charge on any atom is 0.332 e. The molecule has 20 heavy (non-hydrogen) atoms. The first kappa shape index (κ1) is 13.1. The van der Waals surface area contributed by atoms with Crippen LogP contribution in [-0.2, 0) is 11.3 Å². The van der Waals surface area contributed by atoms with E-state index in [2.05, 4.69) is 0 Å². The van der Waals surface area contributed by atoms with Gasteiger partial charge in [0.25, 0.3) is 5.91 Å². The number of carbonyl (C=O) groups is 2. The smallest absolute Gasteiger partial charge is 0.326 e. The molecule has 3 rings (SSSR count). The number of anilines is 1. The first-order chi connectivity index (χ1) is 9.63. The molecule has 1 aromatic rings. The van der Waals surface area contributed by atoms with Crippen LogP contribution in [-0.4, -0.2) is 29.4 Å². The number of hydrogen-bond donors (Lipinski definition) is 1. The zero-order valence-corrected chi connectivity index (χ0v) is 11.6. The third-order valence-corrected chi connectivity index (χ3v) is 4.27. The van der Waals surface area contributed by atoms with Gasteiger partial charge in [-0.25, -0.2) is 9.69 Å². The van der Waals surface area contributed by atoms with Crippen LogP contribution in [0.1, 0.15) is 25.3 Å². The van der Waals surface area contributed by atoms with E-state index in [1.807, 2.05) is 19.1 Å². The van der Waals surface area contributed by atoms with Crippen LogP contribution in [0.15, 0.2) is 24.3 Å². The molecule has 2 atom stereocenters. The van der Waals surface area contributed by atoms with E-state index in [4.69, 9.17) is 5.73 Å². The highest BCUT2D eigenvalue weighted by atomic mass is 16.2. The highest BCUT2D eigenvalue weighted by Crippen LogP contribution is 2.33. The lowest BCUT2D eigenvalue weighted by Gasteiger charge is -2.31. The second-order valence-corrected chi connectivity index (χ2v) is 5.58. The summed E-state index contributed by atoms with van der Waals surface area (Å²) in [6.45, 7) is 3.17. The van der Waals surface area contributed by atoms with Gasteiger partial charge < -0.3 is 10.6 Å². The van der Waals surface area contributed by atoms with Crippen LogP contribution >= 0.6 is 0 Å². The molecule has 0 aliphatic carbocycles. The van der Waals surface area contributed by atoms with E-state index in [0.717, 1.165) is 18.4 Å². The standard InChI is InChI=1S/C15H19N3O2/c1-10-3-2-8-17-13(10)14(19)18(15(17)20)12-6-4-11(9-16)5-7-12/h4-7,10,13H,2-3,8-9,16H2,1H3. The van der Waals surface area contributed by atoms with Crippen LogP contribution in [0, 0.1) is 5.92 Å². The zero-order valence-electron chi connectivity index (χ0n) is 11.6. The van der Waals surface area contributed by atoms with Crippen molar-refractivity contribution in [2.24, 2.45) is 11.7 Å². The molecule has 106 valence electrons. The highest BCUT2D eigenvalue weighted by Gasteiger charge is 2.49. The molecule has 0 saturated carbocycles. The summed E-state index contributed by atoms with van der Waals surface area (Å²) in [6.07, 6.45) is 1.97. The molecule has 3 amide bonds. The summed E-state index contributed by atoms with van der Waals surface area (Å²) in [5.74, 6) is 0.135. The minimum atomic E-state index is -0.287. The van der Waals surface area contributed by atoms with Gasteiger partial charge in [-0.1, -0.05) is 19.1 Å². The summed E-state index contributed by atoms with van der Waals surface area (Å²) in [6, 6.07) is 6.83. The summed E-state index contributed by atoms with van der Waals surface area (Å²) in [5, 5.41) is 0. The molecule has 2 aliphatic rings. The van der Waals surface area contributed by atoms with Crippen molar-refractivity contribution in [3.63, 3.8) is 0 Å². The van der Waals surface area contributed by atoms with E-state index in [1.165, 1.54) is 4.90 Å². The minimum Gasteiger partial charge on any atom is -0.326 e. The molecule has 1 aromatic carbocycles. The second-order valence-electron chi connectivity index (χ2n) is 5.58. The molecular weight excluding hydrogens is 254 g/mol. The Labute approximate surface area is 118 Å². The van der Waals surface area contributed by atoms with Crippen LogP contribution < -0.4 is 10.6 Å². The van der Waals surface area contributed by atoms with E-state index in [0.29, 0.717) is 18.8 Å². The van der Waals surface area contributed by atoms with E-state index >= 15 is 0 Å². The largest absolute Gasteiger partial charge is 0.332 e.